The van der Waals surface area contributed by atoms with Crippen LogP contribution in [-0.2, 0) is 9.47 Å². The van der Waals surface area contributed by atoms with Crippen LogP contribution in [0.3, 0.4) is 0 Å². The summed E-state index contributed by atoms with van der Waals surface area (Å²) in [6, 6.07) is 14.5. The molecule has 2 N–H and O–H groups in total. The van der Waals surface area contributed by atoms with Gasteiger partial charge in [-0.3, -0.25) is 0 Å². The molecule has 2 aromatic carbocycles. The summed E-state index contributed by atoms with van der Waals surface area (Å²) in [4.78, 5) is 1.71. The van der Waals surface area contributed by atoms with Gasteiger partial charge in [0.2, 0.25) is 0 Å². The number of hydrogen-bond donors (Lipinski definition) is 2. The van der Waals surface area contributed by atoms with E-state index < -0.39 is 0 Å². The van der Waals surface area contributed by atoms with Crippen molar-refractivity contribution in [3.05, 3.63) is 48.5 Å². The molecular formula is C17H20O4S2. The second kappa shape index (κ2) is 10.4. The standard InChI is InChI=1S/C17H20O4S2/c18-14-5-1-3-7-16(14)22-11-9-20-13-21-10-12-23-17-8-4-2-6-15(17)19/h1-8,18-19H,9-13H2. The zero-order valence-corrected chi connectivity index (χ0v) is 14.3. The topological polar surface area (TPSA) is 58.9 Å². The third-order valence-corrected chi connectivity index (χ3v) is 4.92. The number of phenols is 2. The van der Waals surface area contributed by atoms with Crippen LogP contribution < -0.4 is 0 Å². The SMILES string of the molecule is Oc1ccccc1SCCOCOCCSc1ccccc1O. The average molecular weight is 352 g/mol. The fraction of sp³-hybridized carbons (Fsp3) is 0.294. The van der Waals surface area contributed by atoms with E-state index in [9.17, 15) is 10.2 Å². The number of phenolic OH excluding ortho intramolecular Hbond substituents is 2. The molecule has 0 spiro atoms. The lowest BCUT2D eigenvalue weighted by Crippen LogP contribution is -2.05. The Morgan fingerprint density at radius 2 is 1.13 bits per heavy atom. The van der Waals surface area contributed by atoms with Crippen molar-refractivity contribution >= 4 is 23.5 Å². The van der Waals surface area contributed by atoms with Crippen LogP contribution in [0, 0.1) is 0 Å². The molecular weight excluding hydrogens is 332 g/mol. The zero-order chi connectivity index (χ0) is 16.3. The fourth-order valence-electron chi connectivity index (χ4n) is 1.76. The second-order valence-electron chi connectivity index (χ2n) is 4.57. The molecule has 4 nitrogen and oxygen atoms in total. The first-order valence-corrected chi connectivity index (χ1v) is 9.21. The molecule has 0 radical (unpaired) electrons. The van der Waals surface area contributed by atoms with Gasteiger partial charge in [0.25, 0.3) is 0 Å². The Hall–Kier alpha value is -1.34. The molecule has 0 amide bonds. The highest BCUT2D eigenvalue weighted by atomic mass is 32.2. The van der Waals surface area contributed by atoms with Crippen LogP contribution in [0.4, 0.5) is 0 Å². The molecule has 0 aliphatic rings. The van der Waals surface area contributed by atoms with Crippen LogP contribution >= 0.6 is 23.5 Å². The molecule has 0 aliphatic carbocycles. The molecule has 2 aromatic rings. The lowest BCUT2D eigenvalue weighted by Gasteiger charge is -2.07. The van der Waals surface area contributed by atoms with Gasteiger partial charge in [0.05, 0.1) is 13.2 Å². The Morgan fingerprint density at radius 3 is 1.57 bits per heavy atom. The van der Waals surface area contributed by atoms with Gasteiger partial charge in [0.1, 0.15) is 18.3 Å². The smallest absolute Gasteiger partial charge is 0.146 e. The number of ether oxygens (including phenoxy) is 2. The molecule has 0 saturated carbocycles. The van der Waals surface area contributed by atoms with Crippen LogP contribution in [-0.4, -0.2) is 41.7 Å². The summed E-state index contributed by atoms with van der Waals surface area (Å²) in [5.41, 5.74) is 0. The maximum atomic E-state index is 9.62. The Bertz CT molecular complexity index is 541. The molecule has 0 aromatic heterocycles. The molecule has 0 unspecified atom stereocenters. The van der Waals surface area contributed by atoms with Crippen molar-refractivity contribution in [2.45, 2.75) is 9.79 Å². The lowest BCUT2D eigenvalue weighted by atomic mass is 10.3. The Balaban J connectivity index is 1.47. The minimum absolute atomic E-state index is 0.253. The van der Waals surface area contributed by atoms with Crippen LogP contribution in [0.25, 0.3) is 0 Å². The van der Waals surface area contributed by atoms with Gasteiger partial charge in [-0.05, 0) is 24.3 Å². The van der Waals surface area contributed by atoms with Crippen molar-refractivity contribution in [3.8, 4) is 11.5 Å². The van der Waals surface area contributed by atoms with Crippen LogP contribution in [0.5, 0.6) is 11.5 Å². The van der Waals surface area contributed by atoms with Crippen LogP contribution in [0.15, 0.2) is 58.3 Å². The summed E-state index contributed by atoms with van der Waals surface area (Å²) in [5.74, 6) is 2.12. The first-order chi connectivity index (χ1) is 11.3. The normalized spacial score (nSPS) is 10.8. The van der Waals surface area contributed by atoms with Crippen molar-refractivity contribution in [2.75, 3.05) is 31.5 Å². The van der Waals surface area contributed by atoms with Crippen molar-refractivity contribution in [3.63, 3.8) is 0 Å². The van der Waals surface area contributed by atoms with E-state index in [2.05, 4.69) is 0 Å². The first-order valence-electron chi connectivity index (χ1n) is 7.24. The Labute approximate surface area is 144 Å². The quantitative estimate of drug-likeness (QED) is 0.383. The van der Waals surface area contributed by atoms with E-state index in [0.717, 1.165) is 21.3 Å². The number of aromatic hydroxyl groups is 2. The van der Waals surface area contributed by atoms with Gasteiger partial charge in [-0.15, -0.1) is 23.5 Å². The van der Waals surface area contributed by atoms with E-state index in [-0.39, 0.29) is 6.79 Å². The van der Waals surface area contributed by atoms with Gasteiger partial charge in [0.15, 0.2) is 0 Å². The van der Waals surface area contributed by atoms with Gasteiger partial charge < -0.3 is 19.7 Å². The number of benzene rings is 2. The summed E-state index contributed by atoms with van der Waals surface area (Å²) < 4.78 is 10.8. The molecule has 23 heavy (non-hydrogen) atoms. The Morgan fingerprint density at radius 1 is 0.696 bits per heavy atom. The van der Waals surface area contributed by atoms with Gasteiger partial charge >= 0.3 is 0 Å². The first kappa shape index (κ1) is 18.0. The predicted molar refractivity (Wildman–Crippen MR) is 94.4 cm³/mol. The molecule has 0 bridgehead atoms. The van der Waals surface area contributed by atoms with Crippen LogP contribution in [0.1, 0.15) is 0 Å². The maximum Gasteiger partial charge on any atom is 0.146 e. The zero-order valence-electron chi connectivity index (χ0n) is 12.7. The van der Waals surface area contributed by atoms with Crippen molar-refractivity contribution < 1.29 is 19.7 Å². The summed E-state index contributed by atoms with van der Waals surface area (Å²) in [6.07, 6.45) is 0. The second-order valence-corrected chi connectivity index (χ2v) is 6.84. The third-order valence-electron chi connectivity index (χ3n) is 2.87. The molecule has 0 aliphatic heterocycles. The molecule has 0 heterocycles. The summed E-state index contributed by atoms with van der Waals surface area (Å²) in [6.45, 7) is 1.37. The number of rotatable bonds is 10. The predicted octanol–water partition coefficient (Wildman–Crippen LogP) is 3.97. The molecule has 0 fully saturated rings. The van der Waals surface area contributed by atoms with Gasteiger partial charge in [-0.25, -0.2) is 0 Å². The van der Waals surface area contributed by atoms with Gasteiger partial charge in [0, 0.05) is 21.3 Å². The Kier molecular flexibility index (Phi) is 8.17. The monoisotopic (exact) mass is 352 g/mol. The average Bonchev–Trinajstić information content (AvgIpc) is 2.56. The highest BCUT2D eigenvalue weighted by molar-refractivity contribution is 7.99. The minimum Gasteiger partial charge on any atom is -0.507 e. The summed E-state index contributed by atoms with van der Waals surface area (Å²) in [7, 11) is 0. The van der Waals surface area contributed by atoms with Gasteiger partial charge in [-0.1, -0.05) is 24.3 Å². The van der Waals surface area contributed by atoms with E-state index >= 15 is 0 Å². The highest BCUT2D eigenvalue weighted by Crippen LogP contribution is 2.28. The third kappa shape index (κ3) is 6.74. The molecule has 124 valence electrons. The van der Waals surface area contributed by atoms with Crippen molar-refractivity contribution in [1.82, 2.24) is 0 Å². The van der Waals surface area contributed by atoms with Crippen molar-refractivity contribution in [1.29, 1.82) is 0 Å². The maximum absolute atomic E-state index is 9.62. The largest absolute Gasteiger partial charge is 0.507 e. The summed E-state index contributed by atoms with van der Waals surface area (Å²) in [5, 5.41) is 19.2. The van der Waals surface area contributed by atoms with Crippen molar-refractivity contribution in [2.24, 2.45) is 0 Å². The summed E-state index contributed by atoms with van der Waals surface area (Å²) >= 11 is 3.10. The van der Waals surface area contributed by atoms with E-state index in [0.29, 0.717) is 24.7 Å². The van der Waals surface area contributed by atoms with E-state index in [1.165, 1.54) is 0 Å². The van der Waals surface area contributed by atoms with E-state index in [1.807, 2.05) is 24.3 Å². The number of hydrogen-bond acceptors (Lipinski definition) is 6. The number of para-hydroxylation sites is 2. The van der Waals surface area contributed by atoms with Gasteiger partial charge in [-0.2, -0.15) is 0 Å². The number of thioether (sulfide) groups is 2. The van der Waals surface area contributed by atoms with E-state index in [4.69, 9.17) is 9.47 Å². The van der Waals surface area contributed by atoms with Crippen LogP contribution in [0.2, 0.25) is 0 Å². The molecule has 0 saturated heterocycles. The minimum atomic E-state index is 0.253. The highest BCUT2D eigenvalue weighted by Gasteiger charge is 2.01. The lowest BCUT2D eigenvalue weighted by molar-refractivity contribution is -0.0426. The molecule has 6 heteroatoms. The molecule has 2 rings (SSSR count). The van der Waals surface area contributed by atoms with E-state index in [1.54, 1.807) is 47.8 Å². The fourth-order valence-corrected chi connectivity index (χ4v) is 3.38. The molecule has 0 atom stereocenters.